The van der Waals surface area contributed by atoms with Gasteiger partial charge in [0.05, 0.1) is 10.7 Å². The summed E-state index contributed by atoms with van der Waals surface area (Å²) in [5.74, 6) is 0.967. The number of rotatable bonds is 3. The third-order valence-corrected chi connectivity index (χ3v) is 2.89. The molecule has 0 aromatic heterocycles. The van der Waals surface area contributed by atoms with Crippen LogP contribution in [0.1, 0.15) is 5.56 Å². The molecule has 3 heteroatoms. The molecule has 0 saturated heterocycles. The summed E-state index contributed by atoms with van der Waals surface area (Å²) < 4.78 is 6.37. The van der Waals surface area contributed by atoms with E-state index < -0.39 is 0 Å². The second-order valence-electron chi connectivity index (χ2n) is 2.41. The van der Waals surface area contributed by atoms with Crippen LogP contribution in [0, 0.1) is 3.57 Å². The van der Waals surface area contributed by atoms with Gasteiger partial charge in [-0.15, -0.1) is 0 Å². The first kappa shape index (κ1) is 10.3. The Bertz CT molecular complexity index is 263. The molecule has 0 aliphatic rings. The first-order chi connectivity index (χ1) is 5.77. The van der Waals surface area contributed by atoms with Crippen LogP contribution in [0.15, 0.2) is 18.2 Å². The van der Waals surface area contributed by atoms with E-state index in [1.54, 1.807) is 7.11 Å². The number of methoxy groups -OCH3 is 1. The maximum absolute atomic E-state index is 5.21. The third-order valence-electron chi connectivity index (χ3n) is 1.60. The summed E-state index contributed by atoms with van der Waals surface area (Å²) in [6.45, 7) is 0. The van der Waals surface area contributed by atoms with Crippen LogP contribution in [0.4, 0.5) is 0 Å². The molecule has 0 saturated carbocycles. The smallest absolute Gasteiger partial charge is 0.132 e. The molecule has 0 aliphatic heterocycles. The van der Waals surface area contributed by atoms with E-state index in [2.05, 4.69) is 56.7 Å². The van der Waals surface area contributed by atoms with Gasteiger partial charge >= 0.3 is 0 Å². The van der Waals surface area contributed by atoms with Crippen LogP contribution in [0.3, 0.4) is 0 Å². The van der Waals surface area contributed by atoms with Crippen molar-refractivity contribution >= 4 is 38.5 Å². The Labute approximate surface area is 94.8 Å². The number of hydrogen-bond acceptors (Lipinski definition) is 1. The standard InChI is InChI=1S/C9H10BrIO/c1-12-9-6-7(4-5-10)2-3-8(9)11/h2-3,6H,4-5H2,1H3. The quantitative estimate of drug-likeness (QED) is 0.606. The van der Waals surface area contributed by atoms with Crippen molar-refractivity contribution < 1.29 is 4.74 Å². The Morgan fingerprint density at radius 3 is 2.83 bits per heavy atom. The summed E-state index contributed by atoms with van der Waals surface area (Å²) >= 11 is 5.68. The van der Waals surface area contributed by atoms with Crippen molar-refractivity contribution in [2.45, 2.75) is 6.42 Å². The lowest BCUT2D eigenvalue weighted by Crippen LogP contribution is -1.91. The lowest BCUT2D eigenvalue weighted by Gasteiger charge is -2.04. The van der Waals surface area contributed by atoms with Crippen LogP contribution in [-0.2, 0) is 6.42 Å². The van der Waals surface area contributed by atoms with Crippen LogP contribution < -0.4 is 4.74 Å². The monoisotopic (exact) mass is 340 g/mol. The molecular formula is C9H10BrIO. The zero-order valence-electron chi connectivity index (χ0n) is 6.81. The average Bonchev–Trinajstić information content (AvgIpc) is 2.09. The molecule has 1 rings (SSSR count). The fourth-order valence-electron chi connectivity index (χ4n) is 0.969. The van der Waals surface area contributed by atoms with Gasteiger partial charge in [-0.05, 0) is 46.7 Å². The minimum atomic E-state index is 0.967. The predicted octanol–water partition coefficient (Wildman–Crippen LogP) is 3.24. The fourth-order valence-corrected chi connectivity index (χ4v) is 1.98. The van der Waals surface area contributed by atoms with Gasteiger partial charge in [-0.25, -0.2) is 0 Å². The van der Waals surface area contributed by atoms with Crippen LogP contribution in [0.25, 0.3) is 0 Å². The number of aryl methyl sites for hydroxylation is 1. The molecule has 66 valence electrons. The first-order valence-corrected chi connectivity index (χ1v) is 5.86. The molecule has 0 bridgehead atoms. The lowest BCUT2D eigenvalue weighted by atomic mass is 10.2. The summed E-state index contributed by atoms with van der Waals surface area (Å²) in [5.41, 5.74) is 1.31. The van der Waals surface area contributed by atoms with Gasteiger partial charge in [-0.3, -0.25) is 0 Å². The number of ether oxygens (including phenoxy) is 1. The van der Waals surface area contributed by atoms with Gasteiger partial charge in [0.15, 0.2) is 0 Å². The zero-order valence-corrected chi connectivity index (χ0v) is 10.6. The summed E-state index contributed by atoms with van der Waals surface area (Å²) in [7, 11) is 1.70. The maximum Gasteiger partial charge on any atom is 0.132 e. The van der Waals surface area contributed by atoms with Crippen molar-refractivity contribution in [2.24, 2.45) is 0 Å². The highest BCUT2D eigenvalue weighted by atomic mass is 127. The van der Waals surface area contributed by atoms with Gasteiger partial charge in [-0.2, -0.15) is 0 Å². The maximum atomic E-state index is 5.21. The van der Waals surface area contributed by atoms with Gasteiger partial charge in [0.2, 0.25) is 0 Å². The summed E-state index contributed by atoms with van der Waals surface area (Å²) in [4.78, 5) is 0. The molecule has 0 spiro atoms. The summed E-state index contributed by atoms with van der Waals surface area (Å²) in [5, 5.41) is 0.997. The molecule has 0 unspecified atom stereocenters. The van der Waals surface area contributed by atoms with Gasteiger partial charge in [-0.1, -0.05) is 22.0 Å². The Kier molecular flexibility index (Phi) is 4.35. The van der Waals surface area contributed by atoms with E-state index in [4.69, 9.17) is 4.74 Å². The zero-order chi connectivity index (χ0) is 8.97. The second-order valence-corrected chi connectivity index (χ2v) is 4.36. The summed E-state index contributed by atoms with van der Waals surface area (Å²) in [6.07, 6.45) is 1.05. The highest BCUT2D eigenvalue weighted by molar-refractivity contribution is 14.1. The Hall–Kier alpha value is 0.230. The minimum absolute atomic E-state index is 0.967. The van der Waals surface area contributed by atoms with Crippen molar-refractivity contribution in [1.82, 2.24) is 0 Å². The fraction of sp³-hybridized carbons (Fsp3) is 0.333. The Morgan fingerprint density at radius 1 is 1.50 bits per heavy atom. The topological polar surface area (TPSA) is 9.23 Å². The van der Waals surface area contributed by atoms with E-state index in [0.717, 1.165) is 21.1 Å². The molecule has 1 aromatic carbocycles. The van der Waals surface area contributed by atoms with E-state index in [-0.39, 0.29) is 0 Å². The molecule has 12 heavy (non-hydrogen) atoms. The molecule has 0 fully saturated rings. The molecule has 1 aromatic rings. The highest BCUT2D eigenvalue weighted by Crippen LogP contribution is 2.22. The number of alkyl halides is 1. The highest BCUT2D eigenvalue weighted by Gasteiger charge is 2.00. The molecule has 1 nitrogen and oxygen atoms in total. The van der Waals surface area contributed by atoms with Gasteiger partial charge in [0, 0.05) is 5.33 Å². The number of halogens is 2. The average molecular weight is 341 g/mol. The van der Waals surface area contributed by atoms with Crippen LogP contribution in [0.2, 0.25) is 0 Å². The molecule has 0 N–H and O–H groups in total. The lowest BCUT2D eigenvalue weighted by molar-refractivity contribution is 0.411. The molecule has 0 heterocycles. The molecule has 0 radical (unpaired) electrons. The van der Waals surface area contributed by atoms with E-state index in [9.17, 15) is 0 Å². The Balaban J connectivity index is 2.89. The molecular weight excluding hydrogens is 331 g/mol. The van der Waals surface area contributed by atoms with Crippen molar-refractivity contribution in [1.29, 1.82) is 0 Å². The minimum Gasteiger partial charge on any atom is -0.496 e. The molecule has 0 amide bonds. The van der Waals surface area contributed by atoms with Crippen molar-refractivity contribution in [3.8, 4) is 5.75 Å². The van der Waals surface area contributed by atoms with Crippen molar-refractivity contribution in [3.63, 3.8) is 0 Å². The molecule has 0 atom stereocenters. The number of benzene rings is 1. The van der Waals surface area contributed by atoms with E-state index in [1.807, 2.05) is 0 Å². The Morgan fingerprint density at radius 2 is 2.25 bits per heavy atom. The van der Waals surface area contributed by atoms with Crippen LogP contribution in [0.5, 0.6) is 5.75 Å². The van der Waals surface area contributed by atoms with E-state index in [0.29, 0.717) is 0 Å². The van der Waals surface area contributed by atoms with E-state index >= 15 is 0 Å². The SMILES string of the molecule is COc1cc(CCBr)ccc1I. The van der Waals surface area contributed by atoms with Crippen LogP contribution in [-0.4, -0.2) is 12.4 Å². The molecule has 0 aliphatic carbocycles. The number of hydrogen-bond donors (Lipinski definition) is 0. The second kappa shape index (κ2) is 5.07. The van der Waals surface area contributed by atoms with E-state index in [1.165, 1.54) is 5.56 Å². The van der Waals surface area contributed by atoms with Gasteiger partial charge in [0.1, 0.15) is 5.75 Å². The van der Waals surface area contributed by atoms with Crippen LogP contribution >= 0.6 is 38.5 Å². The van der Waals surface area contributed by atoms with Crippen molar-refractivity contribution in [2.75, 3.05) is 12.4 Å². The largest absolute Gasteiger partial charge is 0.496 e. The summed E-state index contributed by atoms with van der Waals surface area (Å²) in [6, 6.07) is 6.30. The van der Waals surface area contributed by atoms with Crippen molar-refractivity contribution in [3.05, 3.63) is 27.3 Å². The predicted molar refractivity (Wildman–Crippen MR) is 63.2 cm³/mol. The normalized spacial score (nSPS) is 9.92. The van der Waals surface area contributed by atoms with Gasteiger partial charge < -0.3 is 4.74 Å². The third kappa shape index (κ3) is 2.62. The first-order valence-electron chi connectivity index (χ1n) is 3.66. The van der Waals surface area contributed by atoms with Gasteiger partial charge in [0.25, 0.3) is 0 Å².